The van der Waals surface area contributed by atoms with Crippen molar-refractivity contribution in [2.45, 2.75) is 33.2 Å². The van der Waals surface area contributed by atoms with E-state index in [0.29, 0.717) is 12.3 Å². The molecule has 1 aliphatic rings. The topological polar surface area (TPSA) is 105 Å². The quantitative estimate of drug-likeness (QED) is 0.258. The van der Waals surface area contributed by atoms with Gasteiger partial charge in [-0.2, -0.15) is 0 Å². The lowest BCUT2D eigenvalue weighted by molar-refractivity contribution is -0.137. The number of ether oxygens (including phenoxy) is 2. The number of hydrogen-bond acceptors (Lipinski definition) is 8. The van der Waals surface area contributed by atoms with Gasteiger partial charge in [-0.15, -0.1) is 0 Å². The highest BCUT2D eigenvalue weighted by Gasteiger charge is 2.19. The molecule has 0 bridgehead atoms. The molecule has 3 aromatic rings. The van der Waals surface area contributed by atoms with Crippen molar-refractivity contribution in [3.05, 3.63) is 105 Å². The monoisotopic (exact) mass is 473 g/mol. The first kappa shape index (κ1) is 24.0. The summed E-state index contributed by atoms with van der Waals surface area (Å²) in [5, 5.41) is 10.3. The summed E-state index contributed by atoms with van der Waals surface area (Å²) in [5.41, 5.74) is 4.09. The van der Waals surface area contributed by atoms with Gasteiger partial charge in [-0.1, -0.05) is 36.4 Å². The van der Waals surface area contributed by atoms with Gasteiger partial charge in [0.25, 0.3) is 0 Å². The molecule has 0 amide bonds. The number of hydrogen-bond donors (Lipinski definition) is 2. The van der Waals surface area contributed by atoms with Gasteiger partial charge in [0.2, 0.25) is 11.2 Å². The van der Waals surface area contributed by atoms with Crippen molar-refractivity contribution in [3.63, 3.8) is 0 Å². The third-order valence-corrected chi connectivity index (χ3v) is 5.55. The molecule has 0 saturated carbocycles. The van der Waals surface area contributed by atoms with Crippen LogP contribution in [0.2, 0.25) is 0 Å². The standard InChI is InChI=1S/C27H27N3O5/c1-2-33-27(32)22(12-28)13-29-23-9-7-19(8-10-23)17-35-26-18-34-24(11-25(26)31)16-30-14-20-5-3-4-6-21(20)15-30/h3-13,18,28-29H,2,14-17H2,1H3/b22-13+,28-12?. The van der Waals surface area contributed by atoms with Gasteiger partial charge in [0, 0.05) is 37.3 Å². The summed E-state index contributed by atoms with van der Waals surface area (Å²) in [4.78, 5) is 26.5. The van der Waals surface area contributed by atoms with Crippen LogP contribution in [0.3, 0.4) is 0 Å². The van der Waals surface area contributed by atoms with Gasteiger partial charge in [0.15, 0.2) is 0 Å². The zero-order chi connectivity index (χ0) is 24.6. The van der Waals surface area contributed by atoms with E-state index in [1.165, 1.54) is 29.7 Å². The van der Waals surface area contributed by atoms with Crippen molar-refractivity contribution in [2.75, 3.05) is 11.9 Å². The Kier molecular flexibility index (Phi) is 7.74. The Morgan fingerprint density at radius 1 is 1.14 bits per heavy atom. The molecule has 2 N–H and O–H groups in total. The zero-order valence-corrected chi connectivity index (χ0v) is 19.5. The predicted octanol–water partition coefficient (Wildman–Crippen LogP) is 4.24. The first-order valence-electron chi connectivity index (χ1n) is 11.3. The van der Waals surface area contributed by atoms with Crippen molar-refractivity contribution >= 4 is 17.9 Å². The van der Waals surface area contributed by atoms with Gasteiger partial charge >= 0.3 is 5.97 Å². The van der Waals surface area contributed by atoms with Crippen LogP contribution in [0.4, 0.5) is 5.69 Å². The van der Waals surface area contributed by atoms with E-state index in [2.05, 4.69) is 22.3 Å². The maximum absolute atomic E-state index is 12.5. The first-order chi connectivity index (χ1) is 17.1. The van der Waals surface area contributed by atoms with Crippen LogP contribution in [0.5, 0.6) is 5.75 Å². The molecule has 2 heterocycles. The van der Waals surface area contributed by atoms with E-state index >= 15 is 0 Å². The fourth-order valence-electron chi connectivity index (χ4n) is 3.76. The summed E-state index contributed by atoms with van der Waals surface area (Å²) in [7, 11) is 0. The number of nitrogens with zero attached hydrogens (tertiary/aromatic N) is 1. The summed E-state index contributed by atoms with van der Waals surface area (Å²) in [6.07, 6.45) is 3.73. The molecule has 0 spiro atoms. The largest absolute Gasteiger partial charge is 0.482 e. The molecule has 0 saturated heterocycles. The van der Waals surface area contributed by atoms with Crippen LogP contribution in [-0.2, 0) is 35.8 Å². The van der Waals surface area contributed by atoms with Crippen LogP contribution in [0.1, 0.15) is 29.4 Å². The zero-order valence-electron chi connectivity index (χ0n) is 19.5. The van der Waals surface area contributed by atoms with E-state index in [1.54, 1.807) is 6.92 Å². The van der Waals surface area contributed by atoms with Gasteiger partial charge in [-0.05, 0) is 35.7 Å². The van der Waals surface area contributed by atoms with Crippen LogP contribution in [-0.4, -0.2) is 23.7 Å². The van der Waals surface area contributed by atoms with Crippen molar-refractivity contribution in [1.29, 1.82) is 5.41 Å². The van der Waals surface area contributed by atoms with Crippen LogP contribution >= 0.6 is 0 Å². The Morgan fingerprint density at radius 2 is 1.86 bits per heavy atom. The summed E-state index contributed by atoms with van der Waals surface area (Å²) < 4.78 is 16.2. The van der Waals surface area contributed by atoms with Gasteiger partial charge < -0.3 is 24.6 Å². The van der Waals surface area contributed by atoms with Crippen LogP contribution in [0, 0.1) is 5.41 Å². The summed E-state index contributed by atoms with van der Waals surface area (Å²) in [5.74, 6) is 0.204. The van der Waals surface area contributed by atoms with Gasteiger partial charge in [-0.25, -0.2) is 4.79 Å². The number of anilines is 1. The fraction of sp³-hybridized carbons (Fsp3) is 0.222. The maximum atomic E-state index is 12.5. The van der Waals surface area contributed by atoms with E-state index in [-0.39, 0.29) is 30.0 Å². The molecule has 0 fully saturated rings. The number of carbonyl (C=O) groups is 1. The van der Waals surface area contributed by atoms with Gasteiger partial charge in [0.05, 0.1) is 18.7 Å². The molecule has 8 nitrogen and oxygen atoms in total. The Bertz CT molecular complexity index is 1260. The molecule has 0 radical (unpaired) electrons. The predicted molar refractivity (Wildman–Crippen MR) is 132 cm³/mol. The molecule has 0 unspecified atom stereocenters. The van der Waals surface area contributed by atoms with E-state index in [1.807, 2.05) is 36.4 Å². The van der Waals surface area contributed by atoms with Crippen LogP contribution in [0.15, 0.2) is 81.8 Å². The second-order valence-electron chi connectivity index (χ2n) is 8.08. The number of carbonyl (C=O) groups excluding carboxylic acids is 1. The van der Waals surface area contributed by atoms with Crippen LogP contribution in [0.25, 0.3) is 0 Å². The summed E-state index contributed by atoms with van der Waals surface area (Å²) in [6, 6.07) is 17.1. The number of esters is 1. The SMILES string of the molecule is CCOC(=O)/C(C=N)=C/Nc1ccc(COc2coc(CN3Cc4ccccc4C3)cc2=O)cc1. The number of nitrogens with one attached hydrogen (secondary N) is 2. The molecule has 35 heavy (non-hydrogen) atoms. The number of benzene rings is 2. The minimum atomic E-state index is -0.560. The Balaban J connectivity index is 1.30. The molecule has 1 aliphatic heterocycles. The minimum Gasteiger partial charge on any atom is -0.482 e. The molecule has 2 aromatic carbocycles. The van der Waals surface area contributed by atoms with Crippen LogP contribution < -0.4 is 15.5 Å². The molecule has 0 atom stereocenters. The smallest absolute Gasteiger partial charge is 0.341 e. The lowest BCUT2D eigenvalue weighted by Gasteiger charge is -2.14. The van der Waals surface area contributed by atoms with Crippen molar-refractivity contribution in [1.82, 2.24) is 4.90 Å². The van der Waals surface area contributed by atoms with E-state index in [0.717, 1.165) is 30.6 Å². The highest BCUT2D eigenvalue weighted by molar-refractivity contribution is 6.08. The van der Waals surface area contributed by atoms with Crippen molar-refractivity contribution in [2.24, 2.45) is 0 Å². The molecule has 0 aliphatic carbocycles. The minimum absolute atomic E-state index is 0.115. The third kappa shape index (κ3) is 6.24. The second kappa shape index (κ2) is 11.3. The second-order valence-corrected chi connectivity index (χ2v) is 8.08. The molecule has 1 aromatic heterocycles. The van der Waals surface area contributed by atoms with E-state index in [4.69, 9.17) is 19.3 Å². The lowest BCUT2D eigenvalue weighted by Crippen LogP contribution is -2.17. The van der Waals surface area contributed by atoms with Crippen molar-refractivity contribution < 1.29 is 18.7 Å². The Labute approximate surface area is 203 Å². The average molecular weight is 474 g/mol. The highest BCUT2D eigenvalue weighted by atomic mass is 16.5. The summed E-state index contributed by atoms with van der Waals surface area (Å²) in [6.45, 7) is 4.39. The average Bonchev–Trinajstić information content (AvgIpc) is 3.27. The number of rotatable bonds is 10. The van der Waals surface area contributed by atoms with Crippen molar-refractivity contribution in [3.8, 4) is 5.75 Å². The van der Waals surface area contributed by atoms with Gasteiger partial charge in [0.1, 0.15) is 18.6 Å². The molecule has 8 heteroatoms. The third-order valence-electron chi connectivity index (χ3n) is 5.55. The van der Waals surface area contributed by atoms with E-state index in [9.17, 15) is 9.59 Å². The molecule has 180 valence electrons. The maximum Gasteiger partial charge on any atom is 0.341 e. The highest BCUT2D eigenvalue weighted by Crippen LogP contribution is 2.24. The summed E-state index contributed by atoms with van der Waals surface area (Å²) >= 11 is 0. The van der Waals surface area contributed by atoms with E-state index < -0.39 is 5.97 Å². The normalized spacial score (nSPS) is 13.2. The molecule has 4 rings (SSSR count). The fourth-order valence-corrected chi connectivity index (χ4v) is 3.76. The lowest BCUT2D eigenvalue weighted by atomic mass is 10.1. The molecular weight excluding hydrogens is 446 g/mol. The first-order valence-corrected chi connectivity index (χ1v) is 11.3. The van der Waals surface area contributed by atoms with Gasteiger partial charge in [-0.3, -0.25) is 9.69 Å². The molecular formula is C27H27N3O5. The Morgan fingerprint density at radius 3 is 2.49 bits per heavy atom. The Hall–Kier alpha value is -4.17. The number of fused-ring (bicyclic) bond motifs is 1.